The Morgan fingerprint density at radius 2 is 1.94 bits per heavy atom. The van der Waals surface area contributed by atoms with Crippen LogP contribution < -0.4 is 4.89 Å². The summed E-state index contributed by atoms with van der Waals surface area (Å²) in [6.45, 7) is 7.19. The molecule has 1 aromatic carbocycles. The molecule has 0 spiro atoms. The van der Waals surface area contributed by atoms with Gasteiger partial charge in [0.05, 0.1) is 0 Å². The number of rotatable bonds is 6. The van der Waals surface area contributed by atoms with Crippen molar-refractivity contribution in [1.82, 2.24) is 0 Å². The van der Waals surface area contributed by atoms with Gasteiger partial charge in [0.2, 0.25) is 0 Å². The van der Waals surface area contributed by atoms with Gasteiger partial charge < -0.3 is 0 Å². The normalized spacial score (nSPS) is 9.76. The van der Waals surface area contributed by atoms with Crippen LogP contribution >= 0.6 is 0 Å². The summed E-state index contributed by atoms with van der Waals surface area (Å²) in [6.07, 6.45) is 3.40. The van der Waals surface area contributed by atoms with Gasteiger partial charge in [0, 0.05) is 5.57 Å². The number of benzene rings is 1. The molecule has 0 radical (unpaired) electrons. The zero-order valence-electron chi connectivity index (χ0n) is 10.4. The van der Waals surface area contributed by atoms with E-state index in [2.05, 4.69) is 18.4 Å². The van der Waals surface area contributed by atoms with Gasteiger partial charge in [0.15, 0.2) is 5.75 Å². The summed E-state index contributed by atoms with van der Waals surface area (Å²) in [7, 11) is 0. The highest BCUT2D eigenvalue weighted by Crippen LogP contribution is 2.14. The van der Waals surface area contributed by atoms with Crippen molar-refractivity contribution >= 4 is 5.97 Å². The summed E-state index contributed by atoms with van der Waals surface area (Å²) in [5.74, 6) is -0.0418. The number of hydrogen-bond acceptors (Lipinski definition) is 3. The Balaban J connectivity index is 2.45. The molecule has 0 saturated heterocycles. The van der Waals surface area contributed by atoms with Gasteiger partial charge in [-0.25, -0.2) is 9.68 Å². The highest BCUT2D eigenvalue weighted by Gasteiger charge is 2.05. The zero-order valence-corrected chi connectivity index (χ0v) is 10.4. The third-order valence-corrected chi connectivity index (χ3v) is 2.30. The van der Waals surface area contributed by atoms with E-state index in [1.165, 1.54) is 18.4 Å². The van der Waals surface area contributed by atoms with Gasteiger partial charge in [-0.1, -0.05) is 32.1 Å². The van der Waals surface area contributed by atoms with Gasteiger partial charge in [-0.3, -0.25) is 4.89 Å². The van der Waals surface area contributed by atoms with Gasteiger partial charge >= 0.3 is 5.97 Å². The fourth-order valence-corrected chi connectivity index (χ4v) is 1.25. The second-order valence-electron chi connectivity index (χ2n) is 3.98. The molecule has 0 aliphatic carbocycles. The molecule has 1 rings (SSSR count). The van der Waals surface area contributed by atoms with Crippen LogP contribution in [0.15, 0.2) is 36.4 Å². The zero-order chi connectivity index (χ0) is 12.7. The van der Waals surface area contributed by atoms with Gasteiger partial charge in [0.1, 0.15) is 0 Å². The lowest BCUT2D eigenvalue weighted by Crippen LogP contribution is -2.08. The predicted octanol–water partition coefficient (Wildman–Crippen LogP) is 3.44. The van der Waals surface area contributed by atoms with Crippen LogP contribution in [0, 0.1) is 0 Å². The Morgan fingerprint density at radius 3 is 2.47 bits per heavy atom. The van der Waals surface area contributed by atoms with E-state index >= 15 is 0 Å². The standard InChI is InChI=1S/C14H18O3/c1-4-5-6-12-7-9-13(10-8-12)16-17-14(15)11(2)3/h7-10H,2,4-6H2,1,3H3. The first-order chi connectivity index (χ1) is 8.13. The van der Waals surface area contributed by atoms with Crippen molar-refractivity contribution in [3.63, 3.8) is 0 Å². The van der Waals surface area contributed by atoms with E-state index in [-0.39, 0.29) is 0 Å². The molecule has 0 aliphatic rings. The van der Waals surface area contributed by atoms with Gasteiger partial charge in [-0.2, -0.15) is 0 Å². The topological polar surface area (TPSA) is 35.5 Å². The maximum absolute atomic E-state index is 11.1. The Labute approximate surface area is 102 Å². The van der Waals surface area contributed by atoms with E-state index in [4.69, 9.17) is 4.89 Å². The molecule has 0 amide bonds. The molecular weight excluding hydrogens is 216 g/mol. The molecule has 0 N–H and O–H groups in total. The van der Waals surface area contributed by atoms with Crippen LogP contribution in [0.25, 0.3) is 0 Å². The van der Waals surface area contributed by atoms with Crippen LogP contribution in [0.1, 0.15) is 32.3 Å². The first-order valence-corrected chi connectivity index (χ1v) is 5.76. The van der Waals surface area contributed by atoms with Crippen LogP contribution in [0.4, 0.5) is 0 Å². The largest absolute Gasteiger partial charge is 0.381 e. The van der Waals surface area contributed by atoms with E-state index < -0.39 is 5.97 Å². The Hall–Kier alpha value is -1.77. The predicted molar refractivity (Wildman–Crippen MR) is 66.6 cm³/mol. The molecule has 0 fully saturated rings. The summed E-state index contributed by atoms with van der Waals surface area (Å²) >= 11 is 0. The van der Waals surface area contributed by atoms with E-state index in [0.717, 1.165) is 6.42 Å². The summed E-state index contributed by atoms with van der Waals surface area (Å²) in [5, 5.41) is 0. The van der Waals surface area contributed by atoms with Crippen LogP contribution in [-0.4, -0.2) is 5.97 Å². The second-order valence-corrected chi connectivity index (χ2v) is 3.98. The fraction of sp³-hybridized carbons (Fsp3) is 0.357. The minimum Gasteiger partial charge on any atom is -0.287 e. The summed E-state index contributed by atoms with van der Waals surface area (Å²) in [5.41, 5.74) is 1.56. The van der Waals surface area contributed by atoms with E-state index in [1.807, 2.05) is 12.1 Å². The molecule has 92 valence electrons. The lowest BCUT2D eigenvalue weighted by atomic mass is 10.1. The summed E-state index contributed by atoms with van der Waals surface area (Å²) in [6, 6.07) is 7.52. The van der Waals surface area contributed by atoms with Gasteiger partial charge in [-0.05, 0) is 37.5 Å². The van der Waals surface area contributed by atoms with Crippen molar-refractivity contribution in [2.45, 2.75) is 33.1 Å². The first kappa shape index (κ1) is 13.3. The Bertz CT molecular complexity index is 379. The molecule has 3 heteroatoms. The van der Waals surface area contributed by atoms with Gasteiger partial charge in [-0.15, -0.1) is 0 Å². The minimum absolute atomic E-state index is 0.310. The Kier molecular flexibility index (Phi) is 5.27. The Morgan fingerprint density at radius 1 is 1.29 bits per heavy atom. The van der Waals surface area contributed by atoms with Crippen LogP contribution in [0.2, 0.25) is 0 Å². The lowest BCUT2D eigenvalue weighted by Gasteiger charge is -2.05. The van der Waals surface area contributed by atoms with Crippen molar-refractivity contribution in [2.75, 3.05) is 0 Å². The number of carbonyl (C=O) groups excluding carboxylic acids is 1. The summed E-state index contributed by atoms with van der Waals surface area (Å²) in [4.78, 5) is 20.5. The molecule has 0 unspecified atom stereocenters. The molecule has 0 aliphatic heterocycles. The highest BCUT2D eigenvalue weighted by molar-refractivity contribution is 5.86. The second kappa shape index (κ2) is 6.74. The van der Waals surface area contributed by atoms with Crippen molar-refractivity contribution in [3.05, 3.63) is 42.0 Å². The van der Waals surface area contributed by atoms with Crippen LogP contribution in [0.3, 0.4) is 0 Å². The van der Waals surface area contributed by atoms with Crippen molar-refractivity contribution in [3.8, 4) is 5.75 Å². The van der Waals surface area contributed by atoms with E-state index in [9.17, 15) is 4.79 Å². The molecule has 1 aromatic rings. The SMILES string of the molecule is C=C(C)C(=O)OOc1ccc(CCCC)cc1. The fourth-order valence-electron chi connectivity index (χ4n) is 1.25. The lowest BCUT2D eigenvalue weighted by molar-refractivity contribution is -0.208. The molecule has 0 bridgehead atoms. The first-order valence-electron chi connectivity index (χ1n) is 5.76. The van der Waals surface area contributed by atoms with E-state index in [1.54, 1.807) is 19.1 Å². The third kappa shape index (κ3) is 4.72. The number of hydrogen-bond donors (Lipinski definition) is 0. The maximum Gasteiger partial charge on any atom is 0.381 e. The molecule has 0 aromatic heterocycles. The third-order valence-electron chi connectivity index (χ3n) is 2.30. The number of unbranched alkanes of at least 4 members (excludes halogenated alkanes) is 1. The minimum atomic E-state index is -0.556. The smallest absolute Gasteiger partial charge is 0.287 e. The van der Waals surface area contributed by atoms with Crippen molar-refractivity contribution in [2.24, 2.45) is 0 Å². The number of aryl methyl sites for hydroxylation is 1. The average Bonchev–Trinajstić information content (AvgIpc) is 2.34. The van der Waals surface area contributed by atoms with Crippen molar-refractivity contribution in [1.29, 1.82) is 0 Å². The molecular formula is C14H18O3. The summed E-state index contributed by atoms with van der Waals surface area (Å²) < 4.78 is 0. The van der Waals surface area contributed by atoms with E-state index in [0.29, 0.717) is 11.3 Å². The average molecular weight is 234 g/mol. The van der Waals surface area contributed by atoms with Crippen LogP contribution in [-0.2, 0) is 16.1 Å². The quantitative estimate of drug-likeness (QED) is 0.429. The molecule has 17 heavy (non-hydrogen) atoms. The molecule has 0 atom stereocenters. The molecule has 3 nitrogen and oxygen atoms in total. The monoisotopic (exact) mass is 234 g/mol. The van der Waals surface area contributed by atoms with Gasteiger partial charge in [0.25, 0.3) is 0 Å². The molecule has 0 heterocycles. The maximum atomic E-state index is 11.1. The number of carbonyl (C=O) groups is 1. The van der Waals surface area contributed by atoms with Crippen LogP contribution in [0.5, 0.6) is 5.75 Å². The highest BCUT2D eigenvalue weighted by atomic mass is 17.2. The van der Waals surface area contributed by atoms with Crippen molar-refractivity contribution < 1.29 is 14.6 Å². The molecule has 0 saturated carbocycles.